The minimum Gasteiger partial charge on any atom is -0.352 e. The molecule has 1 N–H and O–H groups in total. The highest BCUT2D eigenvalue weighted by molar-refractivity contribution is 9.11. The molecule has 0 radical (unpaired) electrons. The number of amides is 1. The molecule has 0 aliphatic carbocycles. The maximum absolute atomic E-state index is 11.4. The number of carbonyl (C=O) groups excluding carboxylic acids is 1. The highest BCUT2D eigenvalue weighted by Gasteiger charge is 2.02. The lowest BCUT2D eigenvalue weighted by Gasteiger charge is -2.04. The van der Waals surface area contributed by atoms with Crippen molar-refractivity contribution >= 4 is 37.8 Å². The van der Waals surface area contributed by atoms with Gasteiger partial charge in [-0.2, -0.15) is 0 Å². The molecule has 1 amide bonds. The van der Waals surface area contributed by atoms with E-state index in [1.165, 1.54) is 0 Å². The summed E-state index contributed by atoms with van der Waals surface area (Å²) < 4.78 is 1.82. The second-order valence-electron chi connectivity index (χ2n) is 3.42. The van der Waals surface area contributed by atoms with Crippen LogP contribution in [-0.2, 0) is 11.2 Å². The molecule has 0 atom stereocenters. The molecule has 2 nitrogen and oxygen atoms in total. The Morgan fingerprint density at radius 3 is 2.81 bits per heavy atom. The van der Waals surface area contributed by atoms with Crippen molar-refractivity contribution in [1.82, 2.24) is 5.32 Å². The molecule has 0 aliphatic heterocycles. The quantitative estimate of drug-likeness (QED) is 0.869. The first-order valence-corrected chi connectivity index (χ1v) is 6.51. The summed E-state index contributed by atoms with van der Waals surface area (Å²) >= 11 is 6.59. The Bertz CT molecular complexity index is 390. The smallest absolute Gasteiger partial charge is 0.220 e. The van der Waals surface area contributed by atoms with Crippen LogP contribution in [-0.4, -0.2) is 12.5 Å². The Balaban J connectivity index is 2.34. The number of hydrogen-bond donors (Lipinski definition) is 1. The number of hydrogen-bond acceptors (Lipinski definition) is 1. The molecule has 1 aromatic rings. The second-order valence-corrected chi connectivity index (χ2v) is 5.46. The third kappa shape index (κ3) is 5.47. The van der Waals surface area contributed by atoms with Gasteiger partial charge in [-0.25, -0.2) is 0 Å². The third-order valence-corrected chi connectivity index (χ3v) is 2.78. The lowest BCUT2D eigenvalue weighted by Crippen LogP contribution is -2.24. The summed E-state index contributed by atoms with van der Waals surface area (Å²) in [5, 5.41) is 2.77. The highest BCUT2D eigenvalue weighted by atomic mass is 79.9. The molecule has 1 rings (SSSR count). The number of halogens is 2. The predicted molar refractivity (Wildman–Crippen MR) is 73.5 cm³/mol. The fourth-order valence-corrected chi connectivity index (χ4v) is 1.82. The van der Waals surface area contributed by atoms with Crippen LogP contribution in [0.25, 0.3) is 0 Å². The molecule has 0 spiro atoms. The highest BCUT2D eigenvalue weighted by Crippen LogP contribution is 2.12. The van der Waals surface area contributed by atoms with Crippen LogP contribution in [0.5, 0.6) is 0 Å². The minimum atomic E-state index is 0.0422. The first-order chi connectivity index (χ1) is 7.58. The Hall–Kier alpha value is -0.610. The van der Waals surface area contributed by atoms with Gasteiger partial charge in [0.1, 0.15) is 0 Å². The molecule has 0 saturated carbocycles. The van der Waals surface area contributed by atoms with E-state index in [-0.39, 0.29) is 5.91 Å². The monoisotopic (exact) mass is 345 g/mol. The summed E-state index contributed by atoms with van der Waals surface area (Å²) in [7, 11) is 0. The van der Waals surface area contributed by atoms with E-state index in [2.05, 4.69) is 43.8 Å². The number of carbonyl (C=O) groups is 1. The van der Waals surface area contributed by atoms with E-state index in [0.717, 1.165) is 20.9 Å². The van der Waals surface area contributed by atoms with Crippen LogP contribution in [0.15, 0.2) is 39.8 Å². The molecule has 4 heteroatoms. The number of nitrogens with one attached hydrogen (secondary N) is 1. The van der Waals surface area contributed by atoms with Gasteiger partial charge in [-0.05, 0) is 24.1 Å². The molecule has 0 aromatic heterocycles. The fourth-order valence-electron chi connectivity index (χ4n) is 1.23. The molecule has 0 unspecified atom stereocenters. The van der Waals surface area contributed by atoms with Gasteiger partial charge in [-0.15, -0.1) is 0 Å². The fraction of sp³-hybridized carbons (Fsp3) is 0.250. The maximum Gasteiger partial charge on any atom is 0.220 e. The van der Waals surface area contributed by atoms with Gasteiger partial charge in [0.15, 0.2) is 0 Å². The molecular formula is C12H13Br2NO. The summed E-state index contributed by atoms with van der Waals surface area (Å²) in [5.74, 6) is 0.0422. The van der Waals surface area contributed by atoms with E-state index in [1.807, 2.05) is 24.3 Å². The van der Waals surface area contributed by atoms with Crippen molar-refractivity contribution in [2.24, 2.45) is 0 Å². The van der Waals surface area contributed by atoms with Gasteiger partial charge >= 0.3 is 0 Å². The Morgan fingerprint density at radius 1 is 1.44 bits per heavy atom. The van der Waals surface area contributed by atoms with Crippen molar-refractivity contribution in [2.75, 3.05) is 6.54 Å². The largest absolute Gasteiger partial charge is 0.352 e. The second kappa shape index (κ2) is 6.86. The van der Waals surface area contributed by atoms with Gasteiger partial charge in [0, 0.05) is 21.9 Å². The first kappa shape index (κ1) is 13.5. The maximum atomic E-state index is 11.4. The first-order valence-electron chi connectivity index (χ1n) is 4.92. The number of benzene rings is 1. The van der Waals surface area contributed by atoms with Crippen molar-refractivity contribution in [3.63, 3.8) is 0 Å². The van der Waals surface area contributed by atoms with Crippen LogP contribution in [0, 0.1) is 0 Å². The van der Waals surface area contributed by atoms with E-state index in [9.17, 15) is 4.79 Å². The summed E-state index contributed by atoms with van der Waals surface area (Å²) in [4.78, 5) is 11.4. The van der Waals surface area contributed by atoms with Crippen molar-refractivity contribution < 1.29 is 4.79 Å². The molecular weight excluding hydrogens is 334 g/mol. The van der Waals surface area contributed by atoms with Gasteiger partial charge in [0.25, 0.3) is 0 Å². The average Bonchev–Trinajstić information content (AvgIpc) is 2.23. The van der Waals surface area contributed by atoms with E-state index in [0.29, 0.717) is 13.0 Å². The van der Waals surface area contributed by atoms with Crippen LogP contribution < -0.4 is 5.32 Å². The van der Waals surface area contributed by atoms with Crippen LogP contribution in [0.3, 0.4) is 0 Å². The van der Waals surface area contributed by atoms with Crippen LogP contribution >= 0.6 is 31.9 Å². The van der Waals surface area contributed by atoms with Crippen LogP contribution in [0.1, 0.15) is 12.0 Å². The number of aryl methyl sites for hydroxylation is 1. The third-order valence-electron chi connectivity index (χ3n) is 2.01. The van der Waals surface area contributed by atoms with Crippen molar-refractivity contribution in [2.45, 2.75) is 12.8 Å². The lowest BCUT2D eigenvalue weighted by molar-refractivity contribution is -0.120. The normalized spacial score (nSPS) is 9.88. The van der Waals surface area contributed by atoms with E-state index in [4.69, 9.17) is 0 Å². The Labute approximate surface area is 112 Å². The molecule has 0 bridgehead atoms. The zero-order valence-corrected chi connectivity index (χ0v) is 12.0. The number of rotatable bonds is 5. The summed E-state index contributed by atoms with van der Waals surface area (Å²) in [5.41, 5.74) is 1.15. The molecule has 16 heavy (non-hydrogen) atoms. The predicted octanol–water partition coefficient (Wildman–Crippen LogP) is 3.41. The van der Waals surface area contributed by atoms with Gasteiger partial charge in [0.05, 0.1) is 0 Å². The van der Waals surface area contributed by atoms with E-state index in [1.54, 1.807) is 0 Å². The van der Waals surface area contributed by atoms with Gasteiger partial charge < -0.3 is 5.32 Å². The standard InChI is InChI=1S/C12H13Br2NO/c1-9(13)8-15-12(16)6-5-10-3-2-4-11(14)7-10/h2-4,7H,1,5-6,8H2,(H,15,16). The minimum absolute atomic E-state index is 0.0422. The molecule has 1 aromatic carbocycles. The van der Waals surface area contributed by atoms with Gasteiger partial charge in [-0.3, -0.25) is 4.79 Å². The van der Waals surface area contributed by atoms with Crippen molar-refractivity contribution in [3.05, 3.63) is 45.4 Å². The molecule has 86 valence electrons. The van der Waals surface area contributed by atoms with Gasteiger partial charge in [0.2, 0.25) is 5.91 Å². The zero-order valence-electron chi connectivity index (χ0n) is 8.80. The Kier molecular flexibility index (Phi) is 5.77. The van der Waals surface area contributed by atoms with Crippen molar-refractivity contribution in [1.29, 1.82) is 0 Å². The average molecular weight is 347 g/mol. The summed E-state index contributed by atoms with van der Waals surface area (Å²) in [6, 6.07) is 7.98. The lowest BCUT2D eigenvalue weighted by atomic mass is 10.1. The molecule has 0 aliphatic rings. The molecule has 0 fully saturated rings. The summed E-state index contributed by atoms with van der Waals surface area (Å²) in [6.07, 6.45) is 1.25. The van der Waals surface area contributed by atoms with E-state index < -0.39 is 0 Å². The SMILES string of the molecule is C=C(Br)CNC(=O)CCc1cccc(Br)c1. The van der Waals surface area contributed by atoms with Crippen LogP contribution in [0.2, 0.25) is 0 Å². The zero-order chi connectivity index (χ0) is 12.0. The van der Waals surface area contributed by atoms with E-state index >= 15 is 0 Å². The summed E-state index contributed by atoms with van der Waals surface area (Å²) in [6.45, 7) is 4.14. The topological polar surface area (TPSA) is 29.1 Å². The molecule has 0 saturated heterocycles. The van der Waals surface area contributed by atoms with Crippen LogP contribution in [0.4, 0.5) is 0 Å². The molecule has 0 heterocycles. The Morgan fingerprint density at radius 2 is 2.19 bits per heavy atom. The van der Waals surface area contributed by atoms with Crippen molar-refractivity contribution in [3.8, 4) is 0 Å². The van der Waals surface area contributed by atoms with Gasteiger partial charge in [-0.1, -0.05) is 50.6 Å².